The minimum atomic E-state index is -0.749. The number of hydrogen-bond acceptors (Lipinski definition) is 5. The van der Waals surface area contributed by atoms with E-state index >= 15 is 0 Å². The summed E-state index contributed by atoms with van der Waals surface area (Å²) < 4.78 is 0. The molecule has 0 amide bonds. The molecule has 0 aliphatic heterocycles. The zero-order valence-corrected chi connectivity index (χ0v) is 15.2. The lowest BCUT2D eigenvalue weighted by Gasteiger charge is -2.57. The molecule has 3 unspecified atom stereocenters. The molecule has 4 bridgehead atoms. The van der Waals surface area contributed by atoms with E-state index in [0.29, 0.717) is 17.4 Å². The summed E-state index contributed by atoms with van der Waals surface area (Å²) in [6, 6.07) is 0. The Hall–Kier alpha value is -1.62. The number of aliphatic hydroxyl groups is 1. The fourth-order valence-corrected chi connectivity index (χ4v) is 7.04. The maximum atomic E-state index is 12.5. The monoisotopic (exact) mass is 346 g/mol. The van der Waals surface area contributed by atoms with Crippen LogP contribution in [-0.2, 0) is 19.4 Å². The third-order valence-electron chi connectivity index (χ3n) is 7.40. The van der Waals surface area contributed by atoms with Crippen molar-refractivity contribution >= 4 is 11.9 Å². The summed E-state index contributed by atoms with van der Waals surface area (Å²) in [4.78, 5) is 33.2. The summed E-state index contributed by atoms with van der Waals surface area (Å²) >= 11 is 0. The molecule has 5 fully saturated rings. The Labute approximate surface area is 148 Å². The molecule has 1 N–H and O–H groups in total. The lowest BCUT2D eigenvalue weighted by Crippen LogP contribution is -2.57. The summed E-state index contributed by atoms with van der Waals surface area (Å²) in [6.45, 7) is 8.80. The number of rotatable bonds is 3. The van der Waals surface area contributed by atoms with E-state index in [1.807, 2.05) is 0 Å². The first-order chi connectivity index (χ1) is 11.7. The molecule has 0 saturated heterocycles. The molecule has 5 aliphatic rings. The number of carbonyl (C=O) groups excluding carboxylic acids is 2. The maximum Gasteiger partial charge on any atom is 0.382 e. The van der Waals surface area contributed by atoms with Gasteiger partial charge in [0.25, 0.3) is 0 Å². The van der Waals surface area contributed by atoms with Gasteiger partial charge in [-0.1, -0.05) is 13.5 Å². The summed E-state index contributed by atoms with van der Waals surface area (Å²) in [6.07, 6.45) is 5.84. The van der Waals surface area contributed by atoms with Gasteiger partial charge in [-0.25, -0.2) is 19.4 Å². The molecule has 0 heterocycles. The predicted octanol–water partition coefficient (Wildman–Crippen LogP) is 3.23. The Morgan fingerprint density at radius 1 is 1.12 bits per heavy atom. The molecule has 5 heteroatoms. The minimum absolute atomic E-state index is 0.0535. The highest BCUT2D eigenvalue weighted by Gasteiger charge is 2.85. The van der Waals surface area contributed by atoms with Crippen molar-refractivity contribution in [2.75, 3.05) is 0 Å². The second-order valence-corrected chi connectivity index (χ2v) is 8.68. The van der Waals surface area contributed by atoms with Crippen molar-refractivity contribution in [3.05, 3.63) is 23.3 Å². The van der Waals surface area contributed by atoms with Gasteiger partial charge in [-0.2, -0.15) is 0 Å². The van der Waals surface area contributed by atoms with Gasteiger partial charge < -0.3 is 5.11 Å². The molecule has 136 valence electrons. The van der Waals surface area contributed by atoms with E-state index in [2.05, 4.69) is 18.4 Å². The Morgan fingerprint density at radius 2 is 1.68 bits per heavy atom. The Balaban J connectivity index is 1.66. The smallest absolute Gasteiger partial charge is 0.382 e. The fourth-order valence-electron chi connectivity index (χ4n) is 7.04. The van der Waals surface area contributed by atoms with E-state index in [9.17, 15) is 14.7 Å². The van der Waals surface area contributed by atoms with Crippen LogP contribution in [0.2, 0.25) is 0 Å². The first-order valence-electron chi connectivity index (χ1n) is 9.23. The summed E-state index contributed by atoms with van der Waals surface area (Å²) in [5, 5.41) is 11.5. The summed E-state index contributed by atoms with van der Waals surface area (Å²) in [7, 11) is 0. The van der Waals surface area contributed by atoms with Gasteiger partial charge in [0.1, 0.15) is 0 Å². The average Bonchev–Trinajstić information content (AvgIpc) is 3.12. The van der Waals surface area contributed by atoms with E-state index in [1.54, 1.807) is 6.92 Å². The molecule has 3 atom stereocenters. The zero-order valence-electron chi connectivity index (χ0n) is 15.2. The lowest BCUT2D eigenvalue weighted by atomic mass is 9.49. The Morgan fingerprint density at radius 3 is 2.20 bits per heavy atom. The van der Waals surface area contributed by atoms with Crippen molar-refractivity contribution in [1.82, 2.24) is 0 Å². The van der Waals surface area contributed by atoms with Crippen LogP contribution in [0.15, 0.2) is 23.3 Å². The van der Waals surface area contributed by atoms with Gasteiger partial charge in [-0.05, 0) is 69.8 Å². The largest absolute Gasteiger partial charge is 0.389 e. The van der Waals surface area contributed by atoms with Crippen LogP contribution in [0.4, 0.5) is 0 Å². The van der Waals surface area contributed by atoms with Crippen LogP contribution >= 0.6 is 0 Å². The van der Waals surface area contributed by atoms with Crippen LogP contribution in [0.3, 0.4) is 0 Å². The second-order valence-electron chi connectivity index (χ2n) is 8.68. The number of hydrogen-bond donors (Lipinski definition) is 1. The third kappa shape index (κ3) is 1.88. The first-order valence-corrected chi connectivity index (χ1v) is 9.23. The fraction of sp³-hybridized carbons (Fsp3) is 0.700. The standard InChI is InChI=1S/C20H26O5/c1-5-20-15(12(4)17(22)25-24-16(21)11(2)3)18(20)7-13-6-14(8-18)10-19(20,23)9-13/h13-14,23H,2,5-10H2,1,3-4H3/b15-12-. The van der Waals surface area contributed by atoms with Crippen LogP contribution in [0, 0.1) is 22.7 Å². The molecule has 0 aromatic heterocycles. The van der Waals surface area contributed by atoms with Crippen LogP contribution in [0.25, 0.3) is 0 Å². The van der Waals surface area contributed by atoms with Gasteiger partial charge in [0.15, 0.2) is 0 Å². The van der Waals surface area contributed by atoms with Crippen molar-refractivity contribution in [1.29, 1.82) is 0 Å². The molecule has 0 aromatic rings. The number of carbonyl (C=O) groups is 2. The highest BCUT2D eigenvalue weighted by Crippen LogP contribution is 2.88. The molecule has 5 nitrogen and oxygen atoms in total. The van der Waals surface area contributed by atoms with Crippen molar-refractivity contribution < 1.29 is 24.5 Å². The van der Waals surface area contributed by atoms with Crippen LogP contribution < -0.4 is 0 Å². The molecule has 0 aromatic carbocycles. The summed E-state index contributed by atoms with van der Waals surface area (Å²) in [5.74, 6) is -0.273. The van der Waals surface area contributed by atoms with Gasteiger partial charge in [0, 0.05) is 22.0 Å². The average molecular weight is 346 g/mol. The molecule has 1 spiro atoms. The van der Waals surface area contributed by atoms with E-state index in [4.69, 9.17) is 4.89 Å². The van der Waals surface area contributed by atoms with Gasteiger partial charge >= 0.3 is 11.9 Å². The molecule has 5 rings (SSSR count). The predicted molar refractivity (Wildman–Crippen MR) is 89.9 cm³/mol. The quantitative estimate of drug-likeness (QED) is 0.482. The van der Waals surface area contributed by atoms with Crippen LogP contribution in [0.5, 0.6) is 0 Å². The highest BCUT2D eigenvalue weighted by molar-refractivity contribution is 5.92. The minimum Gasteiger partial charge on any atom is -0.389 e. The molecule has 5 saturated carbocycles. The molecule has 25 heavy (non-hydrogen) atoms. The van der Waals surface area contributed by atoms with Crippen molar-refractivity contribution in [2.24, 2.45) is 22.7 Å². The van der Waals surface area contributed by atoms with Crippen LogP contribution in [0.1, 0.15) is 59.3 Å². The van der Waals surface area contributed by atoms with E-state index in [-0.39, 0.29) is 16.4 Å². The van der Waals surface area contributed by atoms with Crippen molar-refractivity contribution in [2.45, 2.75) is 64.9 Å². The van der Waals surface area contributed by atoms with Gasteiger partial charge in [-0.15, -0.1) is 0 Å². The van der Waals surface area contributed by atoms with Gasteiger partial charge in [0.2, 0.25) is 0 Å². The maximum absolute atomic E-state index is 12.5. The van der Waals surface area contributed by atoms with Gasteiger partial charge in [0.05, 0.1) is 5.60 Å². The van der Waals surface area contributed by atoms with Crippen LogP contribution in [-0.4, -0.2) is 22.6 Å². The Bertz CT molecular complexity index is 704. The highest BCUT2D eigenvalue weighted by atomic mass is 17.2. The van der Waals surface area contributed by atoms with Gasteiger partial charge in [-0.3, -0.25) is 0 Å². The third-order valence-corrected chi connectivity index (χ3v) is 7.40. The lowest BCUT2D eigenvalue weighted by molar-refractivity contribution is -0.252. The van der Waals surface area contributed by atoms with Crippen molar-refractivity contribution in [3.63, 3.8) is 0 Å². The van der Waals surface area contributed by atoms with E-state index in [1.165, 1.54) is 13.3 Å². The van der Waals surface area contributed by atoms with E-state index < -0.39 is 17.5 Å². The zero-order chi connectivity index (χ0) is 18.2. The van der Waals surface area contributed by atoms with Crippen molar-refractivity contribution in [3.8, 4) is 0 Å². The summed E-state index contributed by atoms with van der Waals surface area (Å²) in [5.41, 5.74) is 0.685. The first kappa shape index (κ1) is 16.8. The molecule has 5 aliphatic carbocycles. The molecular weight excluding hydrogens is 320 g/mol. The second kappa shape index (κ2) is 4.97. The molecular formula is C20H26O5. The topological polar surface area (TPSA) is 72.8 Å². The van der Waals surface area contributed by atoms with E-state index in [0.717, 1.165) is 37.7 Å². The molecule has 0 radical (unpaired) electrons. The SMILES string of the molecule is C=C(C)C(=O)OOC(=O)/C(C)=C1/C23CC4CC(CC(O)(C4)C12CC)C3. The Kier molecular flexibility index (Phi) is 3.34. The normalized spacial score (nSPS) is 44.8.